The summed E-state index contributed by atoms with van der Waals surface area (Å²) in [5.41, 5.74) is 0. The molecular formula is C13H19NO2S. The molecule has 1 aromatic rings. The van der Waals surface area contributed by atoms with E-state index >= 15 is 0 Å². The van der Waals surface area contributed by atoms with Crippen molar-refractivity contribution >= 4 is 17.3 Å². The zero-order valence-electron chi connectivity index (χ0n) is 10.1. The maximum absolute atomic E-state index is 11.2. The van der Waals surface area contributed by atoms with Crippen LogP contribution in [-0.2, 0) is 4.79 Å². The van der Waals surface area contributed by atoms with Crippen LogP contribution in [-0.4, -0.2) is 17.1 Å². The van der Waals surface area contributed by atoms with Crippen molar-refractivity contribution in [2.24, 2.45) is 5.92 Å². The summed E-state index contributed by atoms with van der Waals surface area (Å²) in [5, 5.41) is 14.6. The highest BCUT2D eigenvalue weighted by molar-refractivity contribution is 7.10. The van der Waals surface area contributed by atoms with Gasteiger partial charge in [-0.15, -0.1) is 11.3 Å². The molecule has 0 bridgehead atoms. The Kier molecular flexibility index (Phi) is 4.18. The SMILES string of the molecule is CCCC(NC(C(=O)O)C1CC1)c1cccs1. The highest BCUT2D eigenvalue weighted by Crippen LogP contribution is 2.35. The summed E-state index contributed by atoms with van der Waals surface area (Å²) in [6.07, 6.45) is 4.16. The van der Waals surface area contributed by atoms with E-state index in [-0.39, 0.29) is 12.1 Å². The number of thiophene rings is 1. The maximum Gasteiger partial charge on any atom is 0.321 e. The Labute approximate surface area is 106 Å². The summed E-state index contributed by atoms with van der Waals surface area (Å²) < 4.78 is 0. The number of nitrogens with one attached hydrogen (secondary N) is 1. The van der Waals surface area contributed by atoms with E-state index in [9.17, 15) is 9.90 Å². The molecule has 2 N–H and O–H groups in total. The summed E-state index contributed by atoms with van der Waals surface area (Å²) in [6, 6.07) is 3.94. The molecule has 0 amide bonds. The standard InChI is InChI=1S/C13H19NO2S/c1-2-4-10(11-5-3-8-17-11)14-12(13(15)16)9-6-7-9/h3,5,8-10,12,14H,2,4,6-7H2,1H3,(H,15,16). The van der Waals surface area contributed by atoms with Gasteiger partial charge in [0.05, 0.1) is 0 Å². The van der Waals surface area contributed by atoms with Crippen molar-refractivity contribution in [1.29, 1.82) is 0 Å². The number of aliphatic carboxylic acids is 1. The average Bonchev–Trinajstić information content (AvgIpc) is 2.97. The van der Waals surface area contributed by atoms with Crippen molar-refractivity contribution < 1.29 is 9.90 Å². The van der Waals surface area contributed by atoms with Crippen LogP contribution in [0, 0.1) is 5.92 Å². The van der Waals surface area contributed by atoms with Gasteiger partial charge in [0, 0.05) is 10.9 Å². The molecular weight excluding hydrogens is 234 g/mol. The molecule has 1 aliphatic rings. The molecule has 17 heavy (non-hydrogen) atoms. The molecule has 2 atom stereocenters. The summed E-state index contributed by atoms with van der Waals surface area (Å²) in [7, 11) is 0. The van der Waals surface area contributed by atoms with Gasteiger partial charge in [-0.1, -0.05) is 19.4 Å². The molecule has 1 saturated carbocycles. The molecule has 0 saturated heterocycles. The molecule has 1 aromatic heterocycles. The van der Waals surface area contributed by atoms with Crippen molar-refractivity contribution in [3.05, 3.63) is 22.4 Å². The molecule has 0 aliphatic heterocycles. The number of rotatable bonds is 7. The highest BCUT2D eigenvalue weighted by atomic mass is 32.1. The van der Waals surface area contributed by atoms with Gasteiger partial charge in [-0.2, -0.15) is 0 Å². The quantitative estimate of drug-likeness (QED) is 0.785. The third-order valence-corrected chi connectivity index (χ3v) is 4.19. The molecule has 1 aliphatic carbocycles. The lowest BCUT2D eigenvalue weighted by Crippen LogP contribution is -2.40. The van der Waals surface area contributed by atoms with Gasteiger partial charge in [-0.3, -0.25) is 10.1 Å². The Morgan fingerprint density at radius 2 is 2.41 bits per heavy atom. The maximum atomic E-state index is 11.2. The molecule has 0 radical (unpaired) electrons. The van der Waals surface area contributed by atoms with E-state index < -0.39 is 5.97 Å². The third-order valence-electron chi connectivity index (χ3n) is 3.20. The van der Waals surface area contributed by atoms with Gasteiger partial charge in [0.1, 0.15) is 6.04 Å². The first-order chi connectivity index (χ1) is 8.22. The number of hydrogen-bond donors (Lipinski definition) is 2. The van der Waals surface area contributed by atoms with E-state index in [1.807, 2.05) is 11.4 Å². The van der Waals surface area contributed by atoms with E-state index in [2.05, 4.69) is 18.3 Å². The molecule has 0 aromatic carbocycles. The Morgan fingerprint density at radius 3 is 2.88 bits per heavy atom. The minimum Gasteiger partial charge on any atom is -0.480 e. The van der Waals surface area contributed by atoms with Crippen molar-refractivity contribution in [2.75, 3.05) is 0 Å². The first-order valence-electron chi connectivity index (χ1n) is 6.24. The van der Waals surface area contributed by atoms with E-state index in [4.69, 9.17) is 0 Å². The van der Waals surface area contributed by atoms with Crippen molar-refractivity contribution in [1.82, 2.24) is 5.32 Å². The predicted molar refractivity (Wildman–Crippen MR) is 69.3 cm³/mol. The van der Waals surface area contributed by atoms with Crippen LogP contribution in [0.5, 0.6) is 0 Å². The number of hydrogen-bond acceptors (Lipinski definition) is 3. The monoisotopic (exact) mass is 253 g/mol. The van der Waals surface area contributed by atoms with Crippen LogP contribution in [0.3, 0.4) is 0 Å². The van der Waals surface area contributed by atoms with E-state index in [1.165, 1.54) is 4.88 Å². The fourth-order valence-electron chi connectivity index (χ4n) is 2.14. The second-order valence-electron chi connectivity index (χ2n) is 4.68. The Hall–Kier alpha value is -0.870. The van der Waals surface area contributed by atoms with Crippen LogP contribution in [0.15, 0.2) is 17.5 Å². The zero-order valence-corrected chi connectivity index (χ0v) is 10.9. The largest absolute Gasteiger partial charge is 0.480 e. The number of carbonyl (C=O) groups is 1. The lowest BCUT2D eigenvalue weighted by atomic mass is 10.1. The van der Waals surface area contributed by atoms with Crippen LogP contribution >= 0.6 is 11.3 Å². The van der Waals surface area contributed by atoms with Gasteiger partial charge in [-0.25, -0.2) is 0 Å². The Morgan fingerprint density at radius 1 is 1.65 bits per heavy atom. The van der Waals surface area contributed by atoms with Gasteiger partial charge in [0.2, 0.25) is 0 Å². The van der Waals surface area contributed by atoms with E-state index in [0.717, 1.165) is 25.7 Å². The highest BCUT2D eigenvalue weighted by Gasteiger charge is 2.37. The third kappa shape index (κ3) is 3.30. The van der Waals surface area contributed by atoms with Crippen LogP contribution in [0.25, 0.3) is 0 Å². The van der Waals surface area contributed by atoms with Gasteiger partial charge < -0.3 is 5.11 Å². The molecule has 1 fully saturated rings. The minimum atomic E-state index is -0.704. The minimum absolute atomic E-state index is 0.196. The summed E-state index contributed by atoms with van der Waals surface area (Å²) in [6.45, 7) is 2.13. The van der Waals surface area contributed by atoms with Crippen LogP contribution < -0.4 is 5.32 Å². The molecule has 3 nitrogen and oxygen atoms in total. The van der Waals surface area contributed by atoms with E-state index in [0.29, 0.717) is 5.92 Å². The number of carboxylic acids is 1. The van der Waals surface area contributed by atoms with Gasteiger partial charge >= 0.3 is 5.97 Å². The Balaban J connectivity index is 2.03. The lowest BCUT2D eigenvalue weighted by Gasteiger charge is -2.22. The average molecular weight is 253 g/mol. The first kappa shape index (κ1) is 12.6. The summed E-state index contributed by atoms with van der Waals surface area (Å²) in [5.74, 6) is -0.364. The lowest BCUT2D eigenvalue weighted by molar-refractivity contribution is -0.140. The van der Waals surface area contributed by atoms with Gasteiger partial charge in [-0.05, 0) is 36.6 Å². The van der Waals surface area contributed by atoms with Crippen molar-refractivity contribution in [3.8, 4) is 0 Å². The molecule has 0 spiro atoms. The van der Waals surface area contributed by atoms with Crippen LogP contribution in [0.2, 0.25) is 0 Å². The molecule has 2 unspecified atom stereocenters. The first-order valence-corrected chi connectivity index (χ1v) is 7.12. The summed E-state index contributed by atoms with van der Waals surface area (Å²) in [4.78, 5) is 12.5. The fraction of sp³-hybridized carbons (Fsp3) is 0.615. The topological polar surface area (TPSA) is 49.3 Å². The van der Waals surface area contributed by atoms with E-state index in [1.54, 1.807) is 11.3 Å². The summed E-state index contributed by atoms with van der Waals surface area (Å²) >= 11 is 1.70. The van der Waals surface area contributed by atoms with Crippen molar-refractivity contribution in [3.63, 3.8) is 0 Å². The smallest absolute Gasteiger partial charge is 0.321 e. The molecule has 4 heteroatoms. The normalized spacial score (nSPS) is 18.9. The van der Waals surface area contributed by atoms with Crippen LogP contribution in [0.1, 0.15) is 43.5 Å². The second-order valence-corrected chi connectivity index (χ2v) is 5.66. The second kappa shape index (κ2) is 5.65. The van der Waals surface area contributed by atoms with Gasteiger partial charge in [0.15, 0.2) is 0 Å². The fourth-order valence-corrected chi connectivity index (χ4v) is 2.96. The van der Waals surface area contributed by atoms with Crippen LogP contribution in [0.4, 0.5) is 0 Å². The molecule has 1 heterocycles. The predicted octanol–water partition coefficient (Wildman–Crippen LogP) is 3.04. The number of carboxylic acid groups (broad SMARTS) is 1. The Bertz CT molecular complexity index is 360. The molecule has 94 valence electrons. The van der Waals surface area contributed by atoms with Crippen molar-refractivity contribution in [2.45, 2.75) is 44.7 Å². The molecule has 2 rings (SSSR count). The van der Waals surface area contributed by atoms with Gasteiger partial charge in [0.25, 0.3) is 0 Å². The zero-order chi connectivity index (χ0) is 12.3.